The molecule has 0 unspecified atom stereocenters. The normalized spacial score (nSPS) is 11.3. The summed E-state index contributed by atoms with van der Waals surface area (Å²) in [7, 11) is 1.84. The second-order valence-electron chi connectivity index (χ2n) is 7.08. The van der Waals surface area contributed by atoms with Crippen molar-refractivity contribution in [3.05, 3.63) is 76.5 Å². The first kappa shape index (κ1) is 19.2. The fourth-order valence-electron chi connectivity index (χ4n) is 3.50. The number of tetrazole rings is 1. The largest absolute Gasteiger partial charge is 0.297 e. The third kappa shape index (κ3) is 3.21. The van der Waals surface area contributed by atoms with Gasteiger partial charge >= 0.3 is 0 Å². The first-order valence-electron chi connectivity index (χ1n) is 9.56. The molecule has 0 aliphatic heterocycles. The van der Waals surface area contributed by atoms with Crippen LogP contribution in [0.25, 0.3) is 22.3 Å². The molecule has 3 aromatic heterocycles. The molecule has 0 aliphatic rings. The van der Waals surface area contributed by atoms with Gasteiger partial charge in [-0.3, -0.25) is 9.48 Å². The predicted molar refractivity (Wildman–Crippen MR) is 117 cm³/mol. The summed E-state index contributed by atoms with van der Waals surface area (Å²) in [6.45, 7) is 3.89. The number of aromatic nitrogens is 8. The molecule has 5 rings (SSSR count). The summed E-state index contributed by atoms with van der Waals surface area (Å²) >= 11 is 1.30. The standard InChI is InChI=1S/C21H18N8OS/c1-13-9-10-17-16(11-13)19(23-12-22-17)31-21-24-25-26-28(21)18-14(2)27(3)29(20(18)30)15-7-5-4-6-8-15/h4-12H,1-3H3. The van der Waals surface area contributed by atoms with Crippen LogP contribution in [0, 0.1) is 13.8 Å². The number of fused-ring (bicyclic) bond motifs is 1. The summed E-state index contributed by atoms with van der Waals surface area (Å²) in [4.78, 5) is 22.1. The van der Waals surface area contributed by atoms with Gasteiger partial charge in [-0.05, 0) is 60.3 Å². The lowest BCUT2D eigenvalue weighted by Crippen LogP contribution is -2.22. The molecule has 0 bridgehead atoms. The Kier molecular flexibility index (Phi) is 4.63. The highest BCUT2D eigenvalue weighted by Crippen LogP contribution is 2.31. The van der Waals surface area contributed by atoms with Crippen LogP contribution < -0.4 is 5.56 Å². The molecule has 0 fully saturated rings. The van der Waals surface area contributed by atoms with E-state index in [0.717, 1.165) is 32.9 Å². The molecule has 0 spiro atoms. The summed E-state index contributed by atoms with van der Waals surface area (Å²) in [5.41, 5.74) is 3.64. The SMILES string of the molecule is Cc1ccc2ncnc(Sc3nnnn3-c3c(C)n(C)n(-c4ccccc4)c3=O)c2c1. The van der Waals surface area contributed by atoms with E-state index in [2.05, 4.69) is 25.5 Å². The lowest BCUT2D eigenvalue weighted by Gasteiger charge is -2.07. The quantitative estimate of drug-likeness (QED) is 0.405. The van der Waals surface area contributed by atoms with E-state index in [1.165, 1.54) is 22.8 Å². The van der Waals surface area contributed by atoms with Gasteiger partial charge in [-0.15, -0.1) is 5.10 Å². The highest BCUT2D eigenvalue weighted by molar-refractivity contribution is 7.99. The van der Waals surface area contributed by atoms with E-state index in [4.69, 9.17) is 0 Å². The van der Waals surface area contributed by atoms with E-state index in [9.17, 15) is 4.79 Å². The molecular weight excluding hydrogens is 412 g/mol. The number of para-hydroxylation sites is 1. The molecule has 10 heteroatoms. The molecule has 31 heavy (non-hydrogen) atoms. The van der Waals surface area contributed by atoms with Crippen LogP contribution in [-0.2, 0) is 7.05 Å². The van der Waals surface area contributed by atoms with Crippen LogP contribution >= 0.6 is 11.8 Å². The third-order valence-electron chi connectivity index (χ3n) is 5.12. The van der Waals surface area contributed by atoms with Crippen molar-refractivity contribution in [2.45, 2.75) is 24.0 Å². The van der Waals surface area contributed by atoms with Gasteiger partial charge in [0.15, 0.2) is 5.69 Å². The van der Waals surface area contributed by atoms with Crippen LogP contribution in [0.4, 0.5) is 0 Å². The molecule has 9 nitrogen and oxygen atoms in total. The first-order chi connectivity index (χ1) is 15.0. The van der Waals surface area contributed by atoms with Crippen molar-refractivity contribution >= 4 is 22.7 Å². The lowest BCUT2D eigenvalue weighted by atomic mass is 10.2. The summed E-state index contributed by atoms with van der Waals surface area (Å²) in [6, 6.07) is 15.5. The van der Waals surface area contributed by atoms with Crippen LogP contribution in [-0.4, -0.2) is 39.5 Å². The van der Waals surface area contributed by atoms with Gasteiger partial charge in [0.05, 0.1) is 16.9 Å². The Bertz CT molecular complexity index is 1470. The average molecular weight is 430 g/mol. The van der Waals surface area contributed by atoms with E-state index >= 15 is 0 Å². The number of hydrogen-bond acceptors (Lipinski definition) is 7. The van der Waals surface area contributed by atoms with Gasteiger partial charge in [-0.25, -0.2) is 14.6 Å². The minimum Gasteiger partial charge on any atom is -0.283 e. The van der Waals surface area contributed by atoms with E-state index in [-0.39, 0.29) is 5.56 Å². The molecule has 0 radical (unpaired) electrons. The molecule has 0 aliphatic carbocycles. The smallest absolute Gasteiger partial charge is 0.283 e. The van der Waals surface area contributed by atoms with Gasteiger partial charge in [-0.1, -0.05) is 29.8 Å². The van der Waals surface area contributed by atoms with Crippen molar-refractivity contribution in [1.82, 2.24) is 39.5 Å². The average Bonchev–Trinajstić information content (AvgIpc) is 3.30. The van der Waals surface area contributed by atoms with Crippen LogP contribution in [0.5, 0.6) is 0 Å². The van der Waals surface area contributed by atoms with Gasteiger partial charge < -0.3 is 0 Å². The summed E-state index contributed by atoms with van der Waals surface area (Å²) in [5, 5.41) is 14.2. The molecule has 0 N–H and O–H groups in total. The Morgan fingerprint density at radius 3 is 2.61 bits per heavy atom. The van der Waals surface area contributed by atoms with Crippen LogP contribution in [0.1, 0.15) is 11.3 Å². The van der Waals surface area contributed by atoms with E-state index < -0.39 is 0 Å². The fraction of sp³-hybridized carbons (Fsp3) is 0.143. The van der Waals surface area contributed by atoms with Crippen molar-refractivity contribution in [2.75, 3.05) is 0 Å². The number of aryl methyl sites for hydroxylation is 1. The van der Waals surface area contributed by atoms with Crippen LogP contribution in [0.3, 0.4) is 0 Å². The van der Waals surface area contributed by atoms with Crippen LogP contribution in [0.2, 0.25) is 0 Å². The van der Waals surface area contributed by atoms with Crippen molar-refractivity contribution in [1.29, 1.82) is 0 Å². The molecule has 0 saturated carbocycles. The maximum atomic E-state index is 13.4. The second kappa shape index (κ2) is 7.47. The van der Waals surface area contributed by atoms with Crippen LogP contribution in [0.15, 0.2) is 69.8 Å². The Morgan fingerprint density at radius 1 is 1.00 bits per heavy atom. The molecule has 0 saturated heterocycles. The topological polar surface area (TPSA) is 96.3 Å². The number of nitrogens with zero attached hydrogens (tertiary/aromatic N) is 8. The summed E-state index contributed by atoms with van der Waals surface area (Å²) in [6.07, 6.45) is 1.52. The zero-order chi connectivity index (χ0) is 21.5. The van der Waals surface area contributed by atoms with Gasteiger partial charge in [-0.2, -0.15) is 4.68 Å². The molecule has 154 valence electrons. The molecule has 3 heterocycles. The first-order valence-corrected chi connectivity index (χ1v) is 10.4. The Morgan fingerprint density at radius 2 is 1.81 bits per heavy atom. The summed E-state index contributed by atoms with van der Waals surface area (Å²) < 4.78 is 4.88. The molecule has 2 aromatic carbocycles. The maximum Gasteiger partial charge on any atom is 0.297 e. The highest BCUT2D eigenvalue weighted by atomic mass is 32.2. The number of hydrogen-bond donors (Lipinski definition) is 0. The van der Waals surface area contributed by atoms with Crippen molar-refractivity contribution < 1.29 is 0 Å². The van der Waals surface area contributed by atoms with Crippen molar-refractivity contribution in [3.8, 4) is 11.4 Å². The number of benzene rings is 2. The third-order valence-corrected chi connectivity index (χ3v) is 6.07. The minimum atomic E-state index is -0.205. The maximum absolute atomic E-state index is 13.4. The Hall–Kier alpha value is -3.79. The van der Waals surface area contributed by atoms with Gasteiger partial charge in [0.2, 0.25) is 5.16 Å². The zero-order valence-corrected chi connectivity index (χ0v) is 17.9. The molecular formula is C21H18N8OS. The van der Waals surface area contributed by atoms with Gasteiger partial charge in [0, 0.05) is 12.4 Å². The monoisotopic (exact) mass is 430 g/mol. The predicted octanol–water partition coefficient (Wildman–Crippen LogP) is 2.86. The van der Waals surface area contributed by atoms with E-state index in [0.29, 0.717) is 10.8 Å². The lowest BCUT2D eigenvalue weighted by molar-refractivity contribution is 0.630. The molecule has 0 atom stereocenters. The van der Waals surface area contributed by atoms with E-state index in [1.54, 1.807) is 9.36 Å². The second-order valence-corrected chi connectivity index (χ2v) is 8.04. The molecule has 5 aromatic rings. The van der Waals surface area contributed by atoms with Gasteiger partial charge in [0.25, 0.3) is 5.56 Å². The Labute approximate surface area is 181 Å². The fourth-order valence-corrected chi connectivity index (χ4v) is 4.33. The van der Waals surface area contributed by atoms with Crippen molar-refractivity contribution in [2.24, 2.45) is 7.05 Å². The minimum absolute atomic E-state index is 0.205. The van der Waals surface area contributed by atoms with Crippen molar-refractivity contribution in [3.63, 3.8) is 0 Å². The highest BCUT2D eigenvalue weighted by Gasteiger charge is 2.23. The Balaban J connectivity index is 1.63. The number of rotatable bonds is 4. The van der Waals surface area contributed by atoms with E-state index in [1.807, 2.05) is 69.4 Å². The summed E-state index contributed by atoms with van der Waals surface area (Å²) in [5.74, 6) is 0. The molecule has 0 amide bonds. The zero-order valence-electron chi connectivity index (χ0n) is 17.1. The van der Waals surface area contributed by atoms with Gasteiger partial charge in [0.1, 0.15) is 11.4 Å².